The van der Waals surface area contributed by atoms with E-state index >= 15 is 0 Å². The summed E-state index contributed by atoms with van der Waals surface area (Å²) in [6.45, 7) is 4.84. The Morgan fingerprint density at radius 2 is 2.10 bits per heavy atom. The van der Waals surface area contributed by atoms with Crippen LogP contribution in [0.15, 0.2) is 18.2 Å². The highest BCUT2D eigenvalue weighted by atomic mass is 16.5. The highest BCUT2D eigenvalue weighted by Gasteiger charge is 2.12. The number of phenols is 1. The van der Waals surface area contributed by atoms with Crippen molar-refractivity contribution in [2.75, 3.05) is 19.0 Å². The minimum absolute atomic E-state index is 0.0308. The Morgan fingerprint density at radius 1 is 1.33 bits per heavy atom. The van der Waals surface area contributed by atoms with Crippen molar-refractivity contribution in [2.45, 2.75) is 26.9 Å². The Morgan fingerprint density at radius 3 is 2.71 bits per heavy atom. The third kappa shape index (κ3) is 3.28. The van der Waals surface area contributed by atoms with E-state index in [1.165, 1.54) is 0 Å². The topological polar surface area (TPSA) is 79.5 Å². The number of anilines is 1. The largest absolute Gasteiger partial charge is 0.507 e. The molecule has 0 radical (unpaired) electrons. The monoisotopic (exact) mass is 291 g/mol. The zero-order chi connectivity index (χ0) is 15.4. The van der Waals surface area contributed by atoms with Crippen molar-refractivity contribution >= 4 is 5.82 Å². The summed E-state index contributed by atoms with van der Waals surface area (Å²) in [6.07, 6.45) is 0. The molecule has 2 aromatic rings. The van der Waals surface area contributed by atoms with Gasteiger partial charge in [-0.15, -0.1) is 0 Å². The third-order valence-corrected chi connectivity index (χ3v) is 3.48. The Kier molecular flexibility index (Phi) is 4.70. The normalized spacial score (nSPS) is 10.7. The maximum atomic E-state index is 9.97. The standard InChI is InChI=1S/C15H21N3O3/c1-10-11(2)17-18(6-7-19)15(10)16-9-12-4-5-13(21-3)8-14(12)20/h4-5,8,16,19-20H,6-7,9H2,1-3H3. The van der Waals surface area contributed by atoms with E-state index in [1.807, 2.05) is 19.9 Å². The molecule has 114 valence electrons. The molecule has 0 amide bonds. The van der Waals surface area contributed by atoms with Crippen LogP contribution in [0.25, 0.3) is 0 Å². The molecule has 0 bridgehead atoms. The van der Waals surface area contributed by atoms with Gasteiger partial charge in [0.15, 0.2) is 0 Å². The molecule has 0 fully saturated rings. The molecule has 3 N–H and O–H groups in total. The molecule has 2 rings (SSSR count). The van der Waals surface area contributed by atoms with Gasteiger partial charge in [0.05, 0.1) is 26.0 Å². The van der Waals surface area contributed by atoms with Crippen molar-refractivity contribution in [1.82, 2.24) is 9.78 Å². The highest BCUT2D eigenvalue weighted by molar-refractivity contribution is 5.49. The number of methoxy groups -OCH3 is 1. The Labute approximate surface area is 124 Å². The fraction of sp³-hybridized carbons (Fsp3) is 0.400. The number of phenolic OH excluding ortho intramolecular Hbond substituents is 1. The summed E-state index contributed by atoms with van der Waals surface area (Å²) in [7, 11) is 1.56. The number of nitrogens with one attached hydrogen (secondary N) is 1. The van der Waals surface area contributed by atoms with Gasteiger partial charge in [0, 0.05) is 23.7 Å². The van der Waals surface area contributed by atoms with Crippen LogP contribution in [0.1, 0.15) is 16.8 Å². The van der Waals surface area contributed by atoms with E-state index < -0.39 is 0 Å². The van der Waals surface area contributed by atoms with Crippen LogP contribution in [0.5, 0.6) is 11.5 Å². The second kappa shape index (κ2) is 6.49. The Hall–Kier alpha value is -2.21. The molecule has 0 aliphatic rings. The van der Waals surface area contributed by atoms with Crippen LogP contribution in [0.2, 0.25) is 0 Å². The number of ether oxygens (including phenoxy) is 1. The molecule has 1 aromatic heterocycles. The first kappa shape index (κ1) is 15.2. The van der Waals surface area contributed by atoms with Gasteiger partial charge in [-0.2, -0.15) is 5.10 Å². The maximum absolute atomic E-state index is 9.97. The molecule has 21 heavy (non-hydrogen) atoms. The summed E-state index contributed by atoms with van der Waals surface area (Å²) < 4.78 is 6.81. The summed E-state index contributed by atoms with van der Waals surface area (Å²) >= 11 is 0. The van der Waals surface area contributed by atoms with Gasteiger partial charge in [0.1, 0.15) is 17.3 Å². The van der Waals surface area contributed by atoms with Crippen molar-refractivity contribution < 1.29 is 14.9 Å². The molecule has 0 unspecified atom stereocenters. The summed E-state index contributed by atoms with van der Waals surface area (Å²) in [5.74, 6) is 1.66. The predicted octanol–water partition coefficient (Wildman–Crippen LogP) is 1.82. The minimum Gasteiger partial charge on any atom is -0.507 e. The van der Waals surface area contributed by atoms with Gasteiger partial charge in [-0.3, -0.25) is 0 Å². The molecule has 1 heterocycles. The second-order valence-corrected chi connectivity index (χ2v) is 4.85. The van der Waals surface area contributed by atoms with Crippen LogP contribution >= 0.6 is 0 Å². The first-order valence-corrected chi connectivity index (χ1v) is 6.81. The first-order chi connectivity index (χ1) is 10.1. The summed E-state index contributed by atoms with van der Waals surface area (Å²) in [5.41, 5.74) is 2.73. The number of aliphatic hydroxyl groups excluding tert-OH is 1. The Bertz CT molecular complexity index is 623. The van der Waals surface area contributed by atoms with Crippen LogP contribution in [-0.4, -0.2) is 33.7 Å². The van der Waals surface area contributed by atoms with Gasteiger partial charge < -0.3 is 20.3 Å². The number of aliphatic hydroxyl groups is 1. The number of hydrogen-bond acceptors (Lipinski definition) is 5. The van der Waals surface area contributed by atoms with E-state index in [4.69, 9.17) is 9.84 Å². The van der Waals surface area contributed by atoms with Gasteiger partial charge in [-0.05, 0) is 26.0 Å². The molecule has 1 aromatic carbocycles. The number of rotatable bonds is 6. The van der Waals surface area contributed by atoms with Gasteiger partial charge in [0.25, 0.3) is 0 Å². The molecule has 0 aliphatic heterocycles. The van der Waals surface area contributed by atoms with Gasteiger partial charge in [-0.25, -0.2) is 4.68 Å². The summed E-state index contributed by atoms with van der Waals surface area (Å²) in [4.78, 5) is 0. The van der Waals surface area contributed by atoms with Crippen molar-refractivity contribution in [3.8, 4) is 11.5 Å². The SMILES string of the molecule is COc1ccc(CNc2c(C)c(C)nn2CCO)c(O)c1. The number of aromatic hydroxyl groups is 1. The van der Waals surface area contributed by atoms with E-state index in [-0.39, 0.29) is 12.4 Å². The van der Waals surface area contributed by atoms with E-state index in [0.29, 0.717) is 18.8 Å². The summed E-state index contributed by atoms with van der Waals surface area (Å²) in [5, 5.41) is 26.7. The lowest BCUT2D eigenvalue weighted by Gasteiger charge is -2.12. The first-order valence-electron chi connectivity index (χ1n) is 6.81. The van der Waals surface area contributed by atoms with Gasteiger partial charge >= 0.3 is 0 Å². The average molecular weight is 291 g/mol. The van der Waals surface area contributed by atoms with Crippen LogP contribution in [0.3, 0.4) is 0 Å². The maximum Gasteiger partial charge on any atom is 0.127 e. The molecule has 0 atom stereocenters. The van der Waals surface area contributed by atoms with Crippen LogP contribution < -0.4 is 10.1 Å². The van der Waals surface area contributed by atoms with E-state index in [9.17, 15) is 5.11 Å². The number of nitrogens with zero attached hydrogens (tertiary/aromatic N) is 2. The van der Waals surface area contributed by atoms with Crippen molar-refractivity contribution in [3.63, 3.8) is 0 Å². The zero-order valence-electron chi connectivity index (χ0n) is 12.6. The molecule has 0 saturated heterocycles. The lowest BCUT2D eigenvalue weighted by molar-refractivity contribution is 0.270. The molecule has 6 heteroatoms. The molecular weight excluding hydrogens is 270 g/mol. The predicted molar refractivity (Wildman–Crippen MR) is 80.8 cm³/mol. The highest BCUT2D eigenvalue weighted by Crippen LogP contribution is 2.25. The number of aryl methyl sites for hydroxylation is 1. The van der Waals surface area contributed by atoms with Crippen molar-refractivity contribution in [2.24, 2.45) is 0 Å². The van der Waals surface area contributed by atoms with Gasteiger partial charge in [0.2, 0.25) is 0 Å². The second-order valence-electron chi connectivity index (χ2n) is 4.85. The van der Waals surface area contributed by atoms with E-state index in [2.05, 4.69) is 10.4 Å². The molecule has 0 saturated carbocycles. The van der Waals surface area contributed by atoms with E-state index in [1.54, 1.807) is 23.9 Å². The molecule has 6 nitrogen and oxygen atoms in total. The quantitative estimate of drug-likeness (QED) is 0.756. The van der Waals surface area contributed by atoms with Crippen LogP contribution in [0.4, 0.5) is 5.82 Å². The van der Waals surface area contributed by atoms with Crippen LogP contribution in [0, 0.1) is 13.8 Å². The number of benzene rings is 1. The molecule has 0 aliphatic carbocycles. The van der Waals surface area contributed by atoms with Crippen LogP contribution in [-0.2, 0) is 13.1 Å². The minimum atomic E-state index is 0.0308. The number of hydrogen-bond donors (Lipinski definition) is 3. The summed E-state index contributed by atoms with van der Waals surface area (Å²) in [6, 6.07) is 5.20. The fourth-order valence-electron chi connectivity index (χ4n) is 2.15. The number of aromatic nitrogens is 2. The van der Waals surface area contributed by atoms with Gasteiger partial charge in [-0.1, -0.05) is 0 Å². The molecule has 0 spiro atoms. The molecular formula is C15H21N3O3. The van der Waals surface area contributed by atoms with E-state index in [0.717, 1.165) is 22.6 Å². The fourth-order valence-corrected chi connectivity index (χ4v) is 2.15. The zero-order valence-corrected chi connectivity index (χ0v) is 12.6. The lowest BCUT2D eigenvalue weighted by atomic mass is 10.2. The Balaban J connectivity index is 2.16. The van der Waals surface area contributed by atoms with Crippen molar-refractivity contribution in [1.29, 1.82) is 0 Å². The lowest BCUT2D eigenvalue weighted by Crippen LogP contribution is -2.11. The average Bonchev–Trinajstić information content (AvgIpc) is 2.73. The third-order valence-electron chi connectivity index (χ3n) is 3.48. The smallest absolute Gasteiger partial charge is 0.127 e. The van der Waals surface area contributed by atoms with Crippen molar-refractivity contribution in [3.05, 3.63) is 35.0 Å².